The Bertz CT molecular complexity index is 579. The summed E-state index contributed by atoms with van der Waals surface area (Å²) in [6.45, 7) is 5.23. The van der Waals surface area contributed by atoms with Crippen LogP contribution in [0.3, 0.4) is 0 Å². The SMILES string of the molecule is CC(C)(C)OC(=O)Nc1nccnc1CCS(C)(=O)=O. The summed E-state index contributed by atoms with van der Waals surface area (Å²) in [6.07, 6.45) is 3.52. The number of nitrogens with zero attached hydrogens (tertiary/aromatic N) is 2. The lowest BCUT2D eigenvalue weighted by atomic mass is 10.2. The first-order valence-electron chi connectivity index (χ1n) is 6.04. The first-order valence-corrected chi connectivity index (χ1v) is 8.10. The number of hydrogen-bond donors (Lipinski definition) is 1. The maximum atomic E-state index is 11.7. The van der Waals surface area contributed by atoms with Gasteiger partial charge in [-0.25, -0.2) is 18.2 Å². The molecule has 1 amide bonds. The maximum absolute atomic E-state index is 11.7. The molecular weight excluding hydrogens is 282 g/mol. The Labute approximate surface area is 118 Å². The van der Waals surface area contributed by atoms with Gasteiger partial charge in [-0.1, -0.05) is 0 Å². The normalized spacial score (nSPS) is 12.0. The van der Waals surface area contributed by atoms with Crippen molar-refractivity contribution in [3.05, 3.63) is 18.1 Å². The predicted molar refractivity (Wildman–Crippen MR) is 75.3 cm³/mol. The minimum Gasteiger partial charge on any atom is -0.444 e. The molecule has 0 atom stereocenters. The summed E-state index contributed by atoms with van der Waals surface area (Å²) < 4.78 is 27.4. The molecule has 0 saturated heterocycles. The van der Waals surface area contributed by atoms with Crippen LogP contribution in [0.5, 0.6) is 0 Å². The summed E-state index contributed by atoms with van der Waals surface area (Å²) in [7, 11) is -3.11. The molecule has 1 aromatic heterocycles. The highest BCUT2D eigenvalue weighted by Crippen LogP contribution is 2.13. The van der Waals surface area contributed by atoms with Crippen LogP contribution in [0.25, 0.3) is 0 Å². The molecule has 1 rings (SSSR count). The second kappa shape index (κ2) is 6.17. The van der Waals surface area contributed by atoms with Gasteiger partial charge in [-0.05, 0) is 20.8 Å². The fourth-order valence-electron chi connectivity index (χ4n) is 1.34. The molecule has 0 aliphatic carbocycles. The average Bonchev–Trinajstić information content (AvgIpc) is 2.24. The zero-order valence-electron chi connectivity index (χ0n) is 12.0. The number of sulfone groups is 1. The van der Waals surface area contributed by atoms with E-state index < -0.39 is 21.5 Å². The van der Waals surface area contributed by atoms with Gasteiger partial charge in [0.2, 0.25) is 0 Å². The molecule has 112 valence electrons. The first kappa shape index (κ1) is 16.4. The molecule has 8 heteroatoms. The molecule has 0 aliphatic rings. The minimum absolute atomic E-state index is 0.0608. The Balaban J connectivity index is 2.78. The Morgan fingerprint density at radius 1 is 1.30 bits per heavy atom. The van der Waals surface area contributed by atoms with E-state index in [0.717, 1.165) is 6.26 Å². The number of aryl methyl sites for hydroxylation is 1. The number of carbonyl (C=O) groups excluding carboxylic acids is 1. The van der Waals surface area contributed by atoms with Crippen molar-refractivity contribution in [1.82, 2.24) is 9.97 Å². The second-order valence-corrected chi connectivity index (χ2v) is 7.62. The van der Waals surface area contributed by atoms with Gasteiger partial charge in [0.15, 0.2) is 5.82 Å². The monoisotopic (exact) mass is 301 g/mol. The quantitative estimate of drug-likeness (QED) is 0.903. The highest BCUT2D eigenvalue weighted by atomic mass is 32.2. The molecule has 0 fully saturated rings. The number of nitrogens with one attached hydrogen (secondary N) is 1. The molecule has 0 radical (unpaired) electrons. The van der Waals surface area contributed by atoms with Crippen molar-refractivity contribution in [3.63, 3.8) is 0 Å². The van der Waals surface area contributed by atoms with Crippen molar-refractivity contribution in [2.45, 2.75) is 32.8 Å². The maximum Gasteiger partial charge on any atom is 0.413 e. The van der Waals surface area contributed by atoms with Crippen LogP contribution in [0.2, 0.25) is 0 Å². The zero-order valence-corrected chi connectivity index (χ0v) is 12.8. The van der Waals surface area contributed by atoms with Crippen LogP contribution in [0.15, 0.2) is 12.4 Å². The van der Waals surface area contributed by atoms with Crippen LogP contribution in [-0.4, -0.2) is 42.1 Å². The van der Waals surface area contributed by atoms with Gasteiger partial charge in [0.05, 0.1) is 11.4 Å². The van der Waals surface area contributed by atoms with Gasteiger partial charge >= 0.3 is 6.09 Å². The average molecular weight is 301 g/mol. The van der Waals surface area contributed by atoms with Gasteiger partial charge in [0.1, 0.15) is 15.4 Å². The third kappa shape index (κ3) is 6.46. The van der Waals surface area contributed by atoms with E-state index in [-0.39, 0.29) is 18.0 Å². The number of carbonyl (C=O) groups is 1. The molecule has 0 spiro atoms. The van der Waals surface area contributed by atoms with E-state index in [1.807, 2.05) is 0 Å². The van der Waals surface area contributed by atoms with E-state index in [0.29, 0.717) is 5.69 Å². The van der Waals surface area contributed by atoms with Crippen LogP contribution >= 0.6 is 0 Å². The fraction of sp³-hybridized carbons (Fsp3) is 0.583. The van der Waals surface area contributed by atoms with Crippen molar-refractivity contribution in [2.24, 2.45) is 0 Å². The molecule has 0 aliphatic heterocycles. The van der Waals surface area contributed by atoms with Crippen LogP contribution in [-0.2, 0) is 21.0 Å². The van der Waals surface area contributed by atoms with Crippen molar-refractivity contribution < 1.29 is 17.9 Å². The highest BCUT2D eigenvalue weighted by molar-refractivity contribution is 7.90. The summed E-state index contributed by atoms with van der Waals surface area (Å²) in [6, 6.07) is 0. The van der Waals surface area contributed by atoms with E-state index >= 15 is 0 Å². The third-order valence-corrected chi connectivity index (χ3v) is 3.05. The van der Waals surface area contributed by atoms with Gasteiger partial charge in [-0.15, -0.1) is 0 Å². The van der Waals surface area contributed by atoms with Gasteiger partial charge in [-0.2, -0.15) is 0 Å². The van der Waals surface area contributed by atoms with E-state index in [1.165, 1.54) is 12.4 Å². The largest absolute Gasteiger partial charge is 0.444 e. The van der Waals surface area contributed by atoms with E-state index in [4.69, 9.17) is 4.74 Å². The second-order valence-electron chi connectivity index (χ2n) is 5.36. The molecule has 0 bridgehead atoms. The Hall–Kier alpha value is -1.70. The Morgan fingerprint density at radius 3 is 2.45 bits per heavy atom. The zero-order chi connectivity index (χ0) is 15.4. The molecule has 0 saturated carbocycles. The molecule has 0 aromatic carbocycles. The summed E-state index contributed by atoms with van der Waals surface area (Å²) >= 11 is 0. The van der Waals surface area contributed by atoms with Crippen molar-refractivity contribution in [1.29, 1.82) is 0 Å². The van der Waals surface area contributed by atoms with Crippen LogP contribution in [0.1, 0.15) is 26.5 Å². The molecule has 1 N–H and O–H groups in total. The predicted octanol–water partition coefficient (Wildman–Crippen LogP) is 1.41. The number of amides is 1. The number of rotatable bonds is 4. The molecule has 1 aromatic rings. The third-order valence-electron chi connectivity index (χ3n) is 2.10. The van der Waals surface area contributed by atoms with Crippen LogP contribution in [0.4, 0.5) is 10.6 Å². The van der Waals surface area contributed by atoms with E-state index in [2.05, 4.69) is 15.3 Å². The number of anilines is 1. The number of aromatic nitrogens is 2. The molecule has 20 heavy (non-hydrogen) atoms. The fourth-order valence-corrected chi connectivity index (χ4v) is 1.90. The summed E-state index contributed by atoms with van der Waals surface area (Å²) in [5, 5.41) is 2.47. The van der Waals surface area contributed by atoms with Crippen LogP contribution in [0, 0.1) is 0 Å². The van der Waals surface area contributed by atoms with E-state index in [1.54, 1.807) is 20.8 Å². The van der Waals surface area contributed by atoms with Gasteiger partial charge in [0, 0.05) is 25.1 Å². The Morgan fingerprint density at radius 2 is 1.90 bits per heavy atom. The van der Waals surface area contributed by atoms with Gasteiger partial charge in [0.25, 0.3) is 0 Å². The lowest BCUT2D eigenvalue weighted by Gasteiger charge is -2.19. The van der Waals surface area contributed by atoms with Crippen LogP contribution < -0.4 is 5.32 Å². The first-order chi connectivity index (χ1) is 9.07. The lowest BCUT2D eigenvalue weighted by Crippen LogP contribution is -2.28. The van der Waals surface area contributed by atoms with Crippen molar-refractivity contribution in [2.75, 3.05) is 17.3 Å². The highest BCUT2D eigenvalue weighted by Gasteiger charge is 2.18. The number of ether oxygens (including phenoxy) is 1. The molecule has 1 heterocycles. The number of hydrogen-bond acceptors (Lipinski definition) is 6. The Kier molecular flexibility index (Phi) is 5.04. The lowest BCUT2D eigenvalue weighted by molar-refractivity contribution is 0.0635. The summed E-state index contributed by atoms with van der Waals surface area (Å²) in [4.78, 5) is 19.7. The standard InChI is InChI=1S/C12H19N3O4S/c1-12(2,3)19-11(16)15-10-9(13-6-7-14-10)5-8-20(4,17)18/h6-7H,5,8H2,1-4H3,(H,14,15,16). The molecular formula is C12H19N3O4S. The van der Waals surface area contributed by atoms with Crippen molar-refractivity contribution >= 4 is 21.7 Å². The summed E-state index contributed by atoms with van der Waals surface area (Å²) in [5.41, 5.74) is -0.219. The van der Waals surface area contributed by atoms with E-state index in [9.17, 15) is 13.2 Å². The molecule has 0 unspecified atom stereocenters. The smallest absolute Gasteiger partial charge is 0.413 e. The minimum atomic E-state index is -3.11. The van der Waals surface area contributed by atoms with Gasteiger partial charge < -0.3 is 4.74 Å². The molecule has 7 nitrogen and oxygen atoms in total. The van der Waals surface area contributed by atoms with Gasteiger partial charge in [-0.3, -0.25) is 10.3 Å². The van der Waals surface area contributed by atoms with Crippen molar-refractivity contribution in [3.8, 4) is 0 Å². The summed E-state index contributed by atoms with van der Waals surface area (Å²) in [5.74, 6) is 0.153. The topological polar surface area (TPSA) is 98.2 Å².